The maximum atomic E-state index is 13.3. The number of ether oxygens (including phenoxy) is 1. The smallest absolute Gasteiger partial charge is 0.123 e. The second-order valence-corrected chi connectivity index (χ2v) is 5.34. The van der Waals surface area contributed by atoms with E-state index in [4.69, 9.17) is 4.74 Å². The highest BCUT2D eigenvalue weighted by Gasteiger charge is 2.39. The lowest BCUT2D eigenvalue weighted by Gasteiger charge is -2.27. The maximum absolute atomic E-state index is 13.3. The topological polar surface area (TPSA) is 29.5 Å². The number of methoxy groups -OCH3 is 1. The first-order valence-electron chi connectivity index (χ1n) is 6.71. The summed E-state index contributed by atoms with van der Waals surface area (Å²) in [6.45, 7) is 1.96. The molecule has 20 heavy (non-hydrogen) atoms. The van der Waals surface area contributed by atoms with Gasteiger partial charge in [0.25, 0.3) is 0 Å². The number of aliphatic hydroxyl groups is 1. The SMILES string of the molecule is COc1ccc(C2(O)CCc3cc(F)ccc32)c(C)c1. The first kappa shape index (κ1) is 13.1. The van der Waals surface area contributed by atoms with E-state index in [1.54, 1.807) is 13.2 Å². The quantitative estimate of drug-likeness (QED) is 0.908. The van der Waals surface area contributed by atoms with Crippen molar-refractivity contribution in [2.75, 3.05) is 7.11 Å². The van der Waals surface area contributed by atoms with Gasteiger partial charge in [0.05, 0.1) is 7.11 Å². The number of halogens is 1. The summed E-state index contributed by atoms with van der Waals surface area (Å²) < 4.78 is 18.5. The number of benzene rings is 2. The molecule has 0 aliphatic heterocycles. The molecule has 1 unspecified atom stereocenters. The molecule has 2 aromatic rings. The van der Waals surface area contributed by atoms with Crippen molar-refractivity contribution in [1.29, 1.82) is 0 Å². The highest BCUT2D eigenvalue weighted by molar-refractivity contribution is 5.49. The molecular formula is C17H17FO2. The van der Waals surface area contributed by atoms with Crippen LogP contribution in [0.1, 0.15) is 28.7 Å². The molecule has 1 atom stereocenters. The summed E-state index contributed by atoms with van der Waals surface area (Å²) >= 11 is 0. The third-order valence-electron chi connectivity index (χ3n) is 4.15. The van der Waals surface area contributed by atoms with Gasteiger partial charge >= 0.3 is 0 Å². The van der Waals surface area contributed by atoms with E-state index in [2.05, 4.69) is 0 Å². The second-order valence-electron chi connectivity index (χ2n) is 5.34. The van der Waals surface area contributed by atoms with Crippen LogP contribution in [0.3, 0.4) is 0 Å². The number of rotatable bonds is 2. The van der Waals surface area contributed by atoms with Crippen LogP contribution in [0, 0.1) is 12.7 Å². The molecule has 1 aliphatic carbocycles. The Balaban J connectivity index is 2.12. The standard InChI is InChI=1S/C17H17FO2/c1-11-9-14(20-2)4-6-15(11)17(19)8-7-12-10-13(18)3-5-16(12)17/h3-6,9-10,19H,7-8H2,1-2H3. The van der Waals surface area contributed by atoms with E-state index >= 15 is 0 Å². The fourth-order valence-electron chi connectivity index (χ4n) is 3.13. The van der Waals surface area contributed by atoms with Crippen LogP contribution in [0.25, 0.3) is 0 Å². The van der Waals surface area contributed by atoms with Gasteiger partial charge in [0, 0.05) is 0 Å². The summed E-state index contributed by atoms with van der Waals surface area (Å²) in [4.78, 5) is 0. The van der Waals surface area contributed by atoms with Crippen LogP contribution in [0.2, 0.25) is 0 Å². The average molecular weight is 272 g/mol. The Morgan fingerprint density at radius 3 is 2.60 bits per heavy atom. The normalized spacial score (nSPS) is 20.8. The zero-order valence-corrected chi connectivity index (χ0v) is 11.6. The molecule has 0 saturated carbocycles. The molecule has 0 heterocycles. The van der Waals surface area contributed by atoms with Crippen LogP contribution in [-0.4, -0.2) is 12.2 Å². The third-order valence-corrected chi connectivity index (χ3v) is 4.15. The maximum Gasteiger partial charge on any atom is 0.123 e. The van der Waals surface area contributed by atoms with E-state index in [0.29, 0.717) is 12.8 Å². The summed E-state index contributed by atoms with van der Waals surface area (Å²) in [7, 11) is 1.62. The number of aryl methyl sites for hydroxylation is 2. The second kappa shape index (κ2) is 4.60. The van der Waals surface area contributed by atoms with Gasteiger partial charge in [-0.1, -0.05) is 12.1 Å². The Kier molecular flexibility index (Phi) is 3.02. The molecular weight excluding hydrogens is 255 g/mol. The Bertz CT molecular complexity index is 666. The Labute approximate surface area is 117 Å². The van der Waals surface area contributed by atoms with Gasteiger partial charge in [-0.2, -0.15) is 0 Å². The predicted molar refractivity (Wildman–Crippen MR) is 75.5 cm³/mol. The number of fused-ring (bicyclic) bond motifs is 1. The fourth-order valence-corrected chi connectivity index (χ4v) is 3.13. The molecule has 104 valence electrons. The molecule has 2 aromatic carbocycles. The van der Waals surface area contributed by atoms with Crippen molar-refractivity contribution in [3.05, 3.63) is 64.5 Å². The molecule has 0 aromatic heterocycles. The molecule has 0 saturated heterocycles. The van der Waals surface area contributed by atoms with Crippen molar-refractivity contribution in [3.8, 4) is 5.75 Å². The molecule has 1 N–H and O–H groups in total. The van der Waals surface area contributed by atoms with Crippen LogP contribution in [-0.2, 0) is 12.0 Å². The molecule has 3 rings (SSSR count). The molecule has 0 amide bonds. The minimum atomic E-state index is -1.03. The van der Waals surface area contributed by atoms with E-state index in [1.165, 1.54) is 12.1 Å². The average Bonchev–Trinajstić information content (AvgIpc) is 2.76. The van der Waals surface area contributed by atoms with Crippen molar-refractivity contribution in [1.82, 2.24) is 0 Å². The van der Waals surface area contributed by atoms with Gasteiger partial charge in [0.15, 0.2) is 0 Å². The highest BCUT2D eigenvalue weighted by atomic mass is 19.1. The Hall–Kier alpha value is -1.87. The minimum Gasteiger partial charge on any atom is -0.497 e. The lowest BCUT2D eigenvalue weighted by molar-refractivity contribution is 0.0822. The molecule has 0 spiro atoms. The van der Waals surface area contributed by atoms with Crippen molar-refractivity contribution in [2.45, 2.75) is 25.4 Å². The minimum absolute atomic E-state index is 0.251. The van der Waals surface area contributed by atoms with Gasteiger partial charge < -0.3 is 9.84 Å². The van der Waals surface area contributed by atoms with Gasteiger partial charge in [-0.15, -0.1) is 0 Å². The van der Waals surface area contributed by atoms with Crippen LogP contribution >= 0.6 is 0 Å². The first-order valence-corrected chi connectivity index (χ1v) is 6.71. The van der Waals surface area contributed by atoms with Crippen molar-refractivity contribution < 1.29 is 14.2 Å². The molecule has 2 nitrogen and oxygen atoms in total. The molecule has 0 fully saturated rings. The van der Waals surface area contributed by atoms with Crippen LogP contribution in [0.15, 0.2) is 36.4 Å². The summed E-state index contributed by atoms with van der Waals surface area (Å²) in [5, 5.41) is 11.1. The van der Waals surface area contributed by atoms with Crippen molar-refractivity contribution in [2.24, 2.45) is 0 Å². The number of hydrogen-bond acceptors (Lipinski definition) is 2. The first-order chi connectivity index (χ1) is 9.54. The molecule has 0 radical (unpaired) electrons. The zero-order chi connectivity index (χ0) is 14.3. The Morgan fingerprint density at radius 1 is 1.15 bits per heavy atom. The van der Waals surface area contributed by atoms with Gasteiger partial charge in [-0.25, -0.2) is 4.39 Å². The summed E-state index contributed by atoms with van der Waals surface area (Å²) in [6.07, 6.45) is 1.27. The van der Waals surface area contributed by atoms with Gasteiger partial charge in [0.1, 0.15) is 17.2 Å². The fraction of sp³-hybridized carbons (Fsp3) is 0.294. The van der Waals surface area contributed by atoms with Gasteiger partial charge in [-0.3, -0.25) is 0 Å². The van der Waals surface area contributed by atoms with Crippen molar-refractivity contribution >= 4 is 0 Å². The van der Waals surface area contributed by atoms with E-state index in [-0.39, 0.29) is 5.82 Å². The van der Waals surface area contributed by atoms with E-state index in [9.17, 15) is 9.50 Å². The summed E-state index contributed by atoms with van der Waals surface area (Å²) in [6, 6.07) is 10.3. The zero-order valence-electron chi connectivity index (χ0n) is 11.6. The van der Waals surface area contributed by atoms with Crippen LogP contribution < -0.4 is 4.74 Å². The van der Waals surface area contributed by atoms with Crippen LogP contribution in [0.4, 0.5) is 4.39 Å². The van der Waals surface area contributed by atoms with Crippen LogP contribution in [0.5, 0.6) is 5.75 Å². The molecule has 1 aliphatic rings. The van der Waals surface area contributed by atoms with E-state index < -0.39 is 5.60 Å². The van der Waals surface area contributed by atoms with E-state index in [0.717, 1.165) is 28.0 Å². The van der Waals surface area contributed by atoms with Gasteiger partial charge in [-0.05, 0) is 66.3 Å². The largest absolute Gasteiger partial charge is 0.497 e. The van der Waals surface area contributed by atoms with Gasteiger partial charge in [0.2, 0.25) is 0 Å². The lowest BCUT2D eigenvalue weighted by Crippen LogP contribution is -2.25. The summed E-state index contributed by atoms with van der Waals surface area (Å²) in [5.74, 6) is 0.520. The third kappa shape index (κ3) is 1.90. The Morgan fingerprint density at radius 2 is 1.90 bits per heavy atom. The monoisotopic (exact) mass is 272 g/mol. The van der Waals surface area contributed by atoms with E-state index in [1.807, 2.05) is 25.1 Å². The van der Waals surface area contributed by atoms with Crippen molar-refractivity contribution in [3.63, 3.8) is 0 Å². The predicted octanol–water partition coefficient (Wildman–Crippen LogP) is 3.32. The highest BCUT2D eigenvalue weighted by Crippen LogP contribution is 2.43. The lowest BCUT2D eigenvalue weighted by atomic mass is 9.85. The molecule has 3 heteroatoms. The molecule has 0 bridgehead atoms. The summed E-state index contributed by atoms with van der Waals surface area (Å²) in [5.41, 5.74) is 2.52. The number of hydrogen-bond donors (Lipinski definition) is 1.